The first kappa shape index (κ1) is 15.0. The molecule has 1 aromatic carbocycles. The lowest BCUT2D eigenvalue weighted by Gasteiger charge is -2.05. The van der Waals surface area contributed by atoms with Crippen molar-refractivity contribution >= 4 is 39.2 Å². The normalized spacial score (nSPS) is 10.7. The van der Waals surface area contributed by atoms with Crippen molar-refractivity contribution in [3.8, 4) is 0 Å². The fraction of sp³-hybridized carbons (Fsp3) is 0. The zero-order valence-corrected chi connectivity index (χ0v) is 12.0. The third-order valence-electron chi connectivity index (χ3n) is 2.95. The lowest BCUT2D eigenvalue weighted by molar-refractivity contribution is 0.0702. The predicted molar refractivity (Wildman–Crippen MR) is 78.7 cm³/mol. The van der Waals surface area contributed by atoms with Crippen molar-refractivity contribution in [1.29, 1.82) is 0 Å². The van der Waals surface area contributed by atoms with E-state index >= 15 is 0 Å². The van der Waals surface area contributed by atoms with Crippen molar-refractivity contribution in [1.82, 2.24) is 9.97 Å². The number of amides is 1. The lowest BCUT2D eigenvalue weighted by Crippen LogP contribution is -2.13. The van der Waals surface area contributed by atoms with E-state index in [1.54, 1.807) is 0 Å². The second-order valence-electron chi connectivity index (χ2n) is 4.44. The Labute approximate surface area is 131 Å². The second-order valence-corrected chi connectivity index (χ2v) is 5.47. The highest BCUT2D eigenvalue weighted by atomic mass is 32.1. The molecule has 0 spiro atoms. The third-order valence-corrected chi connectivity index (χ3v) is 3.98. The van der Waals surface area contributed by atoms with Gasteiger partial charge in [0, 0.05) is 5.56 Å². The Bertz CT molecular complexity index is 942. The molecule has 0 radical (unpaired) electrons. The number of carboxylic acid groups (broad SMARTS) is 1. The van der Waals surface area contributed by atoms with Gasteiger partial charge >= 0.3 is 5.97 Å². The fourth-order valence-electron chi connectivity index (χ4n) is 1.88. The summed E-state index contributed by atoms with van der Waals surface area (Å²) in [5.41, 5.74) is -0.0932. The first-order chi connectivity index (χ1) is 11.0. The third kappa shape index (κ3) is 2.86. The van der Waals surface area contributed by atoms with Gasteiger partial charge in [-0.2, -0.15) is 0 Å². The number of rotatable bonds is 3. The average Bonchev–Trinajstić information content (AvgIpc) is 2.95. The number of anilines is 1. The minimum absolute atomic E-state index is 0.0452. The summed E-state index contributed by atoms with van der Waals surface area (Å²) in [6.45, 7) is 0. The number of hydrogen-bond acceptors (Lipinski definition) is 5. The van der Waals surface area contributed by atoms with Crippen LogP contribution in [0.15, 0.2) is 30.6 Å². The molecular weight excluding hydrogens is 328 g/mol. The maximum absolute atomic E-state index is 13.2. The van der Waals surface area contributed by atoms with E-state index in [-0.39, 0.29) is 16.3 Å². The Balaban J connectivity index is 1.95. The van der Waals surface area contributed by atoms with Crippen LogP contribution >= 0.6 is 11.3 Å². The summed E-state index contributed by atoms with van der Waals surface area (Å²) in [5, 5.41) is 11.8. The molecule has 2 N–H and O–H groups in total. The number of aromatic nitrogens is 2. The molecule has 0 bridgehead atoms. The topological polar surface area (TPSA) is 92.2 Å². The number of benzene rings is 1. The number of thiophene rings is 1. The van der Waals surface area contributed by atoms with Crippen molar-refractivity contribution in [2.75, 3.05) is 5.32 Å². The Kier molecular flexibility index (Phi) is 3.70. The number of carbonyl (C=O) groups excluding carboxylic acids is 1. The van der Waals surface area contributed by atoms with E-state index in [1.165, 1.54) is 12.4 Å². The molecular formula is C14H7F2N3O3S. The smallest absolute Gasteiger partial charge is 0.345 e. The van der Waals surface area contributed by atoms with Crippen molar-refractivity contribution in [2.24, 2.45) is 0 Å². The SMILES string of the molecule is O=C(Nc1ncnc2sc(C(=O)O)cc12)c1ccc(F)c(F)c1. The Morgan fingerprint density at radius 3 is 2.61 bits per heavy atom. The van der Waals surface area contributed by atoms with Crippen LogP contribution in [0, 0.1) is 11.6 Å². The molecule has 3 rings (SSSR count). The van der Waals surface area contributed by atoms with Gasteiger partial charge in [-0.1, -0.05) is 0 Å². The summed E-state index contributed by atoms with van der Waals surface area (Å²) in [4.78, 5) is 31.3. The standard InChI is InChI=1S/C14H7F2N3O3S/c15-8-2-1-6(3-9(8)16)12(20)19-11-7-4-10(14(21)22)23-13(7)18-5-17-11/h1-5H,(H,21,22)(H,17,18,19,20). The van der Waals surface area contributed by atoms with E-state index in [9.17, 15) is 18.4 Å². The first-order valence-electron chi connectivity index (χ1n) is 6.20. The highest BCUT2D eigenvalue weighted by molar-refractivity contribution is 7.20. The van der Waals surface area contributed by atoms with Crippen molar-refractivity contribution in [3.05, 3.63) is 52.7 Å². The molecule has 3 aromatic rings. The van der Waals surface area contributed by atoms with Crippen LogP contribution in [0.2, 0.25) is 0 Å². The Morgan fingerprint density at radius 1 is 1.13 bits per heavy atom. The van der Waals surface area contributed by atoms with Gasteiger partial charge in [0.15, 0.2) is 11.6 Å². The lowest BCUT2D eigenvalue weighted by atomic mass is 10.2. The maximum atomic E-state index is 13.2. The van der Waals surface area contributed by atoms with Gasteiger partial charge in [-0.25, -0.2) is 23.5 Å². The van der Waals surface area contributed by atoms with E-state index in [1.807, 2.05) is 0 Å². The summed E-state index contributed by atoms with van der Waals surface area (Å²) in [6.07, 6.45) is 1.17. The van der Waals surface area contributed by atoms with Gasteiger partial charge in [0.1, 0.15) is 21.9 Å². The minimum Gasteiger partial charge on any atom is -0.477 e. The second kappa shape index (κ2) is 5.69. The largest absolute Gasteiger partial charge is 0.477 e. The van der Waals surface area contributed by atoms with Crippen LogP contribution in [0.25, 0.3) is 10.2 Å². The molecule has 0 atom stereocenters. The molecule has 0 fully saturated rings. The monoisotopic (exact) mass is 335 g/mol. The maximum Gasteiger partial charge on any atom is 0.345 e. The molecule has 23 heavy (non-hydrogen) atoms. The van der Waals surface area contributed by atoms with Crippen LogP contribution in [-0.4, -0.2) is 27.0 Å². The van der Waals surface area contributed by atoms with Crippen LogP contribution in [0.4, 0.5) is 14.6 Å². The highest BCUT2D eigenvalue weighted by Crippen LogP contribution is 2.28. The zero-order valence-electron chi connectivity index (χ0n) is 11.2. The average molecular weight is 335 g/mol. The number of nitrogens with zero attached hydrogens (tertiary/aromatic N) is 2. The van der Waals surface area contributed by atoms with Crippen molar-refractivity contribution in [2.45, 2.75) is 0 Å². The number of carboxylic acids is 1. The van der Waals surface area contributed by atoms with Crippen LogP contribution in [0.1, 0.15) is 20.0 Å². The zero-order chi connectivity index (χ0) is 16.6. The van der Waals surface area contributed by atoms with E-state index < -0.39 is 23.5 Å². The molecule has 0 saturated heterocycles. The molecule has 9 heteroatoms. The molecule has 0 saturated carbocycles. The fourth-order valence-corrected chi connectivity index (χ4v) is 2.72. The van der Waals surface area contributed by atoms with E-state index in [0.717, 1.165) is 29.5 Å². The molecule has 1 amide bonds. The Hall–Kier alpha value is -2.94. The van der Waals surface area contributed by atoms with Crippen LogP contribution in [0.5, 0.6) is 0 Å². The molecule has 6 nitrogen and oxygen atoms in total. The van der Waals surface area contributed by atoms with Gasteiger partial charge in [-0.15, -0.1) is 11.3 Å². The number of hydrogen-bond donors (Lipinski definition) is 2. The van der Waals surface area contributed by atoms with Gasteiger partial charge in [0.05, 0.1) is 5.39 Å². The van der Waals surface area contributed by atoms with Gasteiger partial charge in [-0.05, 0) is 24.3 Å². The summed E-state index contributed by atoms with van der Waals surface area (Å²) in [7, 11) is 0. The van der Waals surface area contributed by atoms with Crippen LogP contribution in [0.3, 0.4) is 0 Å². The molecule has 2 aromatic heterocycles. The summed E-state index contributed by atoms with van der Waals surface area (Å²) in [6, 6.07) is 4.07. The van der Waals surface area contributed by atoms with E-state index in [4.69, 9.17) is 5.11 Å². The molecule has 0 aliphatic carbocycles. The van der Waals surface area contributed by atoms with Crippen molar-refractivity contribution in [3.63, 3.8) is 0 Å². The first-order valence-corrected chi connectivity index (χ1v) is 7.01. The van der Waals surface area contributed by atoms with Gasteiger partial charge in [0.25, 0.3) is 5.91 Å². The number of halogens is 2. The number of fused-ring (bicyclic) bond motifs is 1. The molecule has 116 valence electrons. The quantitative estimate of drug-likeness (QED) is 0.768. The summed E-state index contributed by atoms with van der Waals surface area (Å²) < 4.78 is 26.1. The number of aromatic carboxylic acids is 1. The van der Waals surface area contributed by atoms with Crippen LogP contribution in [-0.2, 0) is 0 Å². The highest BCUT2D eigenvalue weighted by Gasteiger charge is 2.16. The molecule has 0 unspecified atom stereocenters. The Morgan fingerprint density at radius 2 is 1.91 bits per heavy atom. The number of nitrogens with one attached hydrogen (secondary N) is 1. The predicted octanol–water partition coefficient (Wildman–Crippen LogP) is 2.92. The molecule has 0 aliphatic rings. The summed E-state index contributed by atoms with van der Waals surface area (Å²) in [5.74, 6) is -3.93. The van der Waals surface area contributed by atoms with E-state index in [0.29, 0.717) is 10.2 Å². The van der Waals surface area contributed by atoms with Crippen molar-refractivity contribution < 1.29 is 23.5 Å². The summed E-state index contributed by atoms with van der Waals surface area (Å²) >= 11 is 0.935. The van der Waals surface area contributed by atoms with Gasteiger partial charge in [0.2, 0.25) is 0 Å². The number of carbonyl (C=O) groups is 2. The molecule has 0 aliphatic heterocycles. The van der Waals surface area contributed by atoms with E-state index in [2.05, 4.69) is 15.3 Å². The van der Waals surface area contributed by atoms with Crippen LogP contribution < -0.4 is 5.32 Å². The molecule has 2 heterocycles. The van der Waals surface area contributed by atoms with Gasteiger partial charge in [-0.3, -0.25) is 4.79 Å². The minimum atomic E-state index is -1.14. The van der Waals surface area contributed by atoms with Gasteiger partial charge < -0.3 is 10.4 Å².